The van der Waals surface area contributed by atoms with Crippen LogP contribution in [0.3, 0.4) is 0 Å². The van der Waals surface area contributed by atoms with E-state index in [0.29, 0.717) is 23.0 Å². The van der Waals surface area contributed by atoms with Crippen LogP contribution in [0, 0.1) is 0 Å². The van der Waals surface area contributed by atoms with Gasteiger partial charge >= 0.3 is 0 Å². The van der Waals surface area contributed by atoms with Gasteiger partial charge in [0.1, 0.15) is 11.4 Å². The van der Waals surface area contributed by atoms with Crippen LogP contribution in [0.4, 0.5) is 0 Å². The number of carbonyl (C=O) groups is 1. The molecule has 0 spiro atoms. The highest BCUT2D eigenvalue weighted by atomic mass is 35.5. The van der Waals surface area contributed by atoms with E-state index >= 15 is 0 Å². The van der Waals surface area contributed by atoms with E-state index in [1.54, 1.807) is 49.7 Å². The average molecular weight is 277 g/mol. The molecule has 19 heavy (non-hydrogen) atoms. The topological polar surface area (TPSA) is 51.2 Å². The second-order valence-corrected chi connectivity index (χ2v) is 4.29. The minimum absolute atomic E-state index is 0.234. The second kappa shape index (κ2) is 6.20. The Kier molecular flexibility index (Phi) is 4.36. The molecule has 0 unspecified atom stereocenters. The zero-order valence-electron chi connectivity index (χ0n) is 10.4. The lowest BCUT2D eigenvalue weighted by molar-refractivity contribution is 0.0945. The van der Waals surface area contributed by atoms with Crippen LogP contribution in [0.25, 0.3) is 0 Å². The van der Waals surface area contributed by atoms with Crippen molar-refractivity contribution in [1.82, 2.24) is 10.3 Å². The molecule has 0 atom stereocenters. The molecule has 0 aliphatic heterocycles. The zero-order valence-corrected chi connectivity index (χ0v) is 11.1. The summed E-state index contributed by atoms with van der Waals surface area (Å²) in [4.78, 5) is 15.8. The van der Waals surface area contributed by atoms with E-state index in [1.807, 2.05) is 0 Å². The summed E-state index contributed by atoms with van der Waals surface area (Å²) in [5.74, 6) is 0.452. The molecule has 4 nitrogen and oxygen atoms in total. The average Bonchev–Trinajstić information content (AvgIpc) is 2.46. The summed E-state index contributed by atoms with van der Waals surface area (Å²) in [7, 11) is 1.58. The lowest BCUT2D eigenvalue weighted by Crippen LogP contribution is -2.23. The molecule has 98 valence electrons. The lowest BCUT2D eigenvalue weighted by Gasteiger charge is -2.10. The molecular formula is C14H13ClN2O2. The Balaban J connectivity index is 2.07. The first-order valence-electron chi connectivity index (χ1n) is 5.72. The molecule has 0 fully saturated rings. The fourth-order valence-electron chi connectivity index (χ4n) is 1.65. The van der Waals surface area contributed by atoms with Crippen LogP contribution in [-0.4, -0.2) is 18.0 Å². The van der Waals surface area contributed by atoms with E-state index < -0.39 is 0 Å². The van der Waals surface area contributed by atoms with Gasteiger partial charge in [0.15, 0.2) is 0 Å². The molecule has 1 amide bonds. The predicted octanol–water partition coefficient (Wildman–Crippen LogP) is 2.67. The van der Waals surface area contributed by atoms with Gasteiger partial charge in [-0.2, -0.15) is 0 Å². The van der Waals surface area contributed by atoms with E-state index in [0.717, 1.165) is 5.56 Å². The molecule has 0 saturated carbocycles. The molecule has 0 radical (unpaired) electrons. The molecule has 5 heteroatoms. The number of hydrogen-bond acceptors (Lipinski definition) is 3. The summed E-state index contributed by atoms with van der Waals surface area (Å²) in [6.45, 7) is 0.332. The predicted molar refractivity (Wildman–Crippen MR) is 73.4 cm³/mol. The molecule has 1 aromatic carbocycles. The van der Waals surface area contributed by atoms with Crippen LogP contribution in [-0.2, 0) is 6.54 Å². The fraction of sp³-hybridized carbons (Fsp3) is 0.143. The molecule has 1 heterocycles. The smallest absolute Gasteiger partial charge is 0.270 e. The maximum Gasteiger partial charge on any atom is 0.270 e. The van der Waals surface area contributed by atoms with E-state index in [1.165, 1.54) is 0 Å². The normalized spacial score (nSPS) is 10.0. The van der Waals surface area contributed by atoms with Gasteiger partial charge in [-0.1, -0.05) is 17.7 Å². The third-order valence-electron chi connectivity index (χ3n) is 2.58. The van der Waals surface area contributed by atoms with Crippen molar-refractivity contribution < 1.29 is 9.53 Å². The minimum Gasteiger partial charge on any atom is -0.496 e. The maximum atomic E-state index is 11.9. The summed E-state index contributed by atoms with van der Waals surface area (Å²) in [6.07, 6.45) is 1.58. The molecule has 0 saturated heterocycles. The van der Waals surface area contributed by atoms with Crippen molar-refractivity contribution in [3.05, 3.63) is 58.9 Å². The first-order chi connectivity index (χ1) is 9.20. The summed E-state index contributed by atoms with van der Waals surface area (Å²) in [5, 5.41) is 3.38. The number of pyridine rings is 1. The number of nitrogens with one attached hydrogen (secondary N) is 1. The quantitative estimate of drug-likeness (QED) is 0.934. The van der Waals surface area contributed by atoms with Crippen molar-refractivity contribution in [2.24, 2.45) is 0 Å². The largest absolute Gasteiger partial charge is 0.496 e. The minimum atomic E-state index is -0.234. The number of rotatable bonds is 4. The van der Waals surface area contributed by atoms with E-state index in [2.05, 4.69) is 10.3 Å². The number of ether oxygens (including phenoxy) is 1. The van der Waals surface area contributed by atoms with Gasteiger partial charge < -0.3 is 10.1 Å². The number of benzene rings is 1. The van der Waals surface area contributed by atoms with Crippen molar-refractivity contribution in [1.29, 1.82) is 0 Å². The molecule has 0 aliphatic carbocycles. The molecule has 1 aromatic heterocycles. The van der Waals surface area contributed by atoms with Gasteiger partial charge in [-0.3, -0.25) is 9.78 Å². The monoisotopic (exact) mass is 276 g/mol. The Morgan fingerprint density at radius 2 is 2.21 bits per heavy atom. The molecular weight excluding hydrogens is 264 g/mol. The molecule has 0 bridgehead atoms. The Morgan fingerprint density at radius 1 is 1.37 bits per heavy atom. The maximum absolute atomic E-state index is 11.9. The number of methoxy groups -OCH3 is 1. The number of carbonyl (C=O) groups excluding carboxylic acids is 1. The third kappa shape index (κ3) is 3.45. The Bertz CT molecular complexity index is 573. The van der Waals surface area contributed by atoms with Crippen LogP contribution >= 0.6 is 11.6 Å². The summed E-state index contributed by atoms with van der Waals surface area (Å²) in [6, 6.07) is 10.5. The third-order valence-corrected chi connectivity index (χ3v) is 2.81. The van der Waals surface area contributed by atoms with Gasteiger partial charge in [0, 0.05) is 23.3 Å². The van der Waals surface area contributed by atoms with Crippen LogP contribution in [0.5, 0.6) is 5.75 Å². The van der Waals surface area contributed by atoms with Crippen LogP contribution in [0.2, 0.25) is 5.02 Å². The Morgan fingerprint density at radius 3 is 2.89 bits per heavy atom. The summed E-state index contributed by atoms with van der Waals surface area (Å²) >= 11 is 5.93. The van der Waals surface area contributed by atoms with Gasteiger partial charge in [0.05, 0.1) is 7.11 Å². The highest BCUT2D eigenvalue weighted by molar-refractivity contribution is 6.30. The molecule has 2 aromatic rings. The number of amides is 1. The highest BCUT2D eigenvalue weighted by Gasteiger charge is 2.08. The first kappa shape index (κ1) is 13.4. The second-order valence-electron chi connectivity index (χ2n) is 3.85. The zero-order chi connectivity index (χ0) is 13.7. The van der Waals surface area contributed by atoms with E-state index in [4.69, 9.17) is 16.3 Å². The van der Waals surface area contributed by atoms with Gasteiger partial charge in [0.25, 0.3) is 5.91 Å². The lowest BCUT2D eigenvalue weighted by atomic mass is 10.2. The van der Waals surface area contributed by atoms with Crippen molar-refractivity contribution in [2.75, 3.05) is 7.11 Å². The summed E-state index contributed by atoms with van der Waals surface area (Å²) in [5.41, 5.74) is 1.20. The van der Waals surface area contributed by atoms with Gasteiger partial charge in [-0.25, -0.2) is 0 Å². The number of nitrogens with zero attached hydrogens (tertiary/aromatic N) is 1. The van der Waals surface area contributed by atoms with Gasteiger partial charge in [-0.05, 0) is 30.3 Å². The van der Waals surface area contributed by atoms with Crippen LogP contribution in [0.1, 0.15) is 16.1 Å². The van der Waals surface area contributed by atoms with E-state index in [9.17, 15) is 4.79 Å². The number of halogens is 1. The summed E-state index contributed by atoms with van der Waals surface area (Å²) < 4.78 is 5.21. The van der Waals surface area contributed by atoms with Gasteiger partial charge in [0.2, 0.25) is 0 Å². The Labute approximate surface area is 116 Å². The van der Waals surface area contributed by atoms with Crippen LogP contribution in [0.15, 0.2) is 42.6 Å². The molecule has 1 N–H and O–H groups in total. The fourth-order valence-corrected chi connectivity index (χ4v) is 1.84. The number of aromatic nitrogens is 1. The SMILES string of the molecule is COc1ccc(Cl)cc1CNC(=O)c1ccccn1. The molecule has 0 aliphatic rings. The van der Waals surface area contributed by atoms with Crippen molar-refractivity contribution >= 4 is 17.5 Å². The highest BCUT2D eigenvalue weighted by Crippen LogP contribution is 2.22. The van der Waals surface area contributed by atoms with Crippen molar-refractivity contribution in [2.45, 2.75) is 6.54 Å². The van der Waals surface area contributed by atoms with Crippen LogP contribution < -0.4 is 10.1 Å². The molecule has 2 rings (SSSR count). The number of hydrogen-bond donors (Lipinski definition) is 1. The standard InChI is InChI=1S/C14H13ClN2O2/c1-19-13-6-5-11(15)8-10(13)9-17-14(18)12-4-2-3-7-16-12/h2-8H,9H2,1H3,(H,17,18). The van der Waals surface area contributed by atoms with Crippen molar-refractivity contribution in [3.8, 4) is 5.75 Å². The first-order valence-corrected chi connectivity index (χ1v) is 6.10. The van der Waals surface area contributed by atoms with Gasteiger partial charge in [-0.15, -0.1) is 0 Å². The van der Waals surface area contributed by atoms with Crippen molar-refractivity contribution in [3.63, 3.8) is 0 Å². The Hall–Kier alpha value is -2.07. The van der Waals surface area contributed by atoms with E-state index in [-0.39, 0.29) is 5.91 Å².